The maximum absolute atomic E-state index is 5.93. The van der Waals surface area contributed by atoms with Crippen LogP contribution < -0.4 is 4.74 Å². The molecule has 0 spiro atoms. The Balaban J connectivity index is 1.39. The van der Waals surface area contributed by atoms with Gasteiger partial charge >= 0.3 is 0 Å². The number of aryl methyl sites for hydroxylation is 1. The summed E-state index contributed by atoms with van der Waals surface area (Å²) in [4.78, 5) is 18.0. The maximum Gasteiger partial charge on any atom is 0.178 e. The largest absolute Gasteiger partial charge is 0.492 e. The van der Waals surface area contributed by atoms with Crippen molar-refractivity contribution in [2.45, 2.75) is 6.92 Å². The monoisotopic (exact) mass is 363 g/mol. The molecule has 1 aliphatic heterocycles. The van der Waals surface area contributed by atoms with Gasteiger partial charge in [-0.05, 0) is 37.7 Å². The van der Waals surface area contributed by atoms with Crippen LogP contribution in [0.3, 0.4) is 0 Å². The highest BCUT2D eigenvalue weighted by molar-refractivity contribution is 5.79. The van der Waals surface area contributed by atoms with Gasteiger partial charge in [0.15, 0.2) is 5.65 Å². The van der Waals surface area contributed by atoms with E-state index < -0.39 is 0 Å². The Bertz CT molecular complexity index is 904. The molecule has 3 aromatic rings. The van der Waals surface area contributed by atoms with Crippen LogP contribution in [-0.2, 0) is 0 Å². The van der Waals surface area contributed by atoms with E-state index in [-0.39, 0.29) is 0 Å². The molecule has 1 fully saturated rings. The number of ether oxygens (including phenoxy) is 1. The van der Waals surface area contributed by atoms with E-state index in [1.807, 2.05) is 25.1 Å². The molecule has 6 heteroatoms. The molecule has 0 bridgehead atoms. The summed E-state index contributed by atoms with van der Waals surface area (Å²) in [6.07, 6.45) is 3.36. The molecule has 6 nitrogen and oxygen atoms in total. The van der Waals surface area contributed by atoms with Gasteiger partial charge in [-0.1, -0.05) is 12.1 Å². The highest BCUT2D eigenvalue weighted by atomic mass is 16.5. The fraction of sp³-hybridized carbons (Fsp3) is 0.381. The van der Waals surface area contributed by atoms with E-state index in [0.717, 1.165) is 67.4 Å². The van der Waals surface area contributed by atoms with E-state index in [9.17, 15) is 0 Å². The summed E-state index contributed by atoms with van der Waals surface area (Å²) < 4.78 is 5.93. The first-order valence-corrected chi connectivity index (χ1v) is 9.41. The molecule has 1 aromatic carbocycles. The summed E-state index contributed by atoms with van der Waals surface area (Å²) >= 11 is 0. The number of nitrogens with zero attached hydrogens (tertiary/aromatic N) is 5. The predicted octanol–water partition coefficient (Wildman–Crippen LogP) is 2.63. The summed E-state index contributed by atoms with van der Waals surface area (Å²) in [7, 11) is 2.18. The average molecular weight is 363 g/mol. The second-order valence-electron chi connectivity index (χ2n) is 7.04. The lowest BCUT2D eigenvalue weighted by atomic mass is 10.0. The van der Waals surface area contributed by atoms with Gasteiger partial charge in [-0.2, -0.15) is 0 Å². The van der Waals surface area contributed by atoms with Gasteiger partial charge in [0, 0.05) is 56.4 Å². The Morgan fingerprint density at radius 1 is 1.00 bits per heavy atom. The normalized spacial score (nSPS) is 15.9. The lowest BCUT2D eigenvalue weighted by Crippen LogP contribution is -2.45. The van der Waals surface area contributed by atoms with Gasteiger partial charge in [0.25, 0.3) is 0 Å². The topological polar surface area (TPSA) is 54.4 Å². The lowest BCUT2D eigenvalue weighted by molar-refractivity contribution is 0.134. The third-order valence-electron chi connectivity index (χ3n) is 5.09. The molecule has 0 amide bonds. The third-order valence-corrected chi connectivity index (χ3v) is 5.09. The standard InChI is InChI=1S/C21H25N5O/c1-16-19(15-20-21(24-16)23-8-7-22-20)17-3-5-18(6-4-17)27-14-13-26-11-9-25(2)10-12-26/h3-8,15H,9-14H2,1-2H3. The Morgan fingerprint density at radius 2 is 1.74 bits per heavy atom. The van der Waals surface area contributed by atoms with Crippen molar-refractivity contribution in [3.8, 4) is 16.9 Å². The zero-order chi connectivity index (χ0) is 18.6. The number of hydrogen-bond donors (Lipinski definition) is 0. The molecule has 2 aromatic heterocycles. The van der Waals surface area contributed by atoms with Crippen molar-refractivity contribution in [3.05, 3.63) is 48.4 Å². The van der Waals surface area contributed by atoms with Crippen LogP contribution in [0.25, 0.3) is 22.3 Å². The summed E-state index contributed by atoms with van der Waals surface area (Å²) in [5.74, 6) is 0.902. The first-order valence-electron chi connectivity index (χ1n) is 9.41. The molecule has 140 valence electrons. The first kappa shape index (κ1) is 17.8. The van der Waals surface area contributed by atoms with Crippen molar-refractivity contribution < 1.29 is 4.74 Å². The molecular weight excluding hydrogens is 338 g/mol. The van der Waals surface area contributed by atoms with Crippen molar-refractivity contribution in [1.29, 1.82) is 0 Å². The van der Waals surface area contributed by atoms with Crippen molar-refractivity contribution in [2.75, 3.05) is 46.4 Å². The number of rotatable bonds is 5. The summed E-state index contributed by atoms with van der Waals surface area (Å²) in [5, 5.41) is 0. The zero-order valence-corrected chi connectivity index (χ0v) is 15.9. The van der Waals surface area contributed by atoms with Gasteiger partial charge in [-0.3, -0.25) is 9.88 Å². The second kappa shape index (κ2) is 7.98. The van der Waals surface area contributed by atoms with Crippen molar-refractivity contribution in [3.63, 3.8) is 0 Å². The number of fused-ring (bicyclic) bond motifs is 1. The third kappa shape index (κ3) is 4.23. The molecule has 3 heterocycles. The van der Waals surface area contributed by atoms with Crippen molar-refractivity contribution in [2.24, 2.45) is 0 Å². The summed E-state index contributed by atoms with van der Waals surface area (Å²) in [5.41, 5.74) is 4.63. The number of aromatic nitrogens is 3. The predicted molar refractivity (Wildman–Crippen MR) is 107 cm³/mol. The van der Waals surface area contributed by atoms with Crippen LogP contribution in [0.15, 0.2) is 42.7 Å². The van der Waals surface area contributed by atoms with Crippen LogP contribution in [0.2, 0.25) is 0 Å². The first-order chi connectivity index (χ1) is 13.2. The van der Waals surface area contributed by atoms with Crippen LogP contribution in [0.5, 0.6) is 5.75 Å². The molecule has 1 saturated heterocycles. The lowest BCUT2D eigenvalue weighted by Gasteiger charge is -2.32. The van der Waals surface area contributed by atoms with E-state index in [0.29, 0.717) is 5.65 Å². The van der Waals surface area contributed by atoms with Gasteiger partial charge in [-0.25, -0.2) is 9.97 Å². The van der Waals surface area contributed by atoms with Gasteiger partial charge in [0.1, 0.15) is 17.9 Å². The summed E-state index contributed by atoms with van der Waals surface area (Å²) in [6, 6.07) is 10.3. The molecule has 0 unspecified atom stereocenters. The van der Waals surface area contributed by atoms with Crippen molar-refractivity contribution >= 4 is 11.2 Å². The second-order valence-corrected chi connectivity index (χ2v) is 7.04. The quantitative estimate of drug-likeness (QED) is 0.695. The molecule has 0 aliphatic carbocycles. The van der Waals surface area contributed by atoms with E-state index in [1.165, 1.54) is 0 Å². The summed E-state index contributed by atoms with van der Waals surface area (Å²) in [6.45, 7) is 8.21. The van der Waals surface area contributed by atoms with E-state index in [1.54, 1.807) is 12.4 Å². The minimum absolute atomic E-state index is 0.683. The average Bonchev–Trinajstić information content (AvgIpc) is 2.70. The Hall–Kier alpha value is -2.57. The number of pyridine rings is 1. The molecule has 27 heavy (non-hydrogen) atoms. The SMILES string of the molecule is Cc1nc2nccnc2cc1-c1ccc(OCCN2CCN(C)CC2)cc1. The Labute approximate surface area is 159 Å². The number of benzene rings is 1. The highest BCUT2D eigenvalue weighted by Crippen LogP contribution is 2.26. The van der Waals surface area contributed by atoms with Gasteiger partial charge < -0.3 is 9.64 Å². The van der Waals surface area contributed by atoms with E-state index >= 15 is 0 Å². The minimum atomic E-state index is 0.683. The van der Waals surface area contributed by atoms with Gasteiger partial charge in [0.2, 0.25) is 0 Å². The minimum Gasteiger partial charge on any atom is -0.492 e. The Kier molecular flexibility index (Phi) is 5.27. The van der Waals surface area contributed by atoms with Crippen LogP contribution in [0, 0.1) is 6.92 Å². The molecular formula is C21H25N5O. The molecule has 0 N–H and O–H groups in total. The maximum atomic E-state index is 5.93. The fourth-order valence-corrected chi connectivity index (χ4v) is 3.38. The van der Waals surface area contributed by atoms with Crippen LogP contribution in [0.1, 0.15) is 5.69 Å². The molecule has 0 atom stereocenters. The fourth-order valence-electron chi connectivity index (χ4n) is 3.38. The zero-order valence-electron chi connectivity index (χ0n) is 15.9. The van der Waals surface area contributed by atoms with Gasteiger partial charge in [-0.15, -0.1) is 0 Å². The molecule has 1 aliphatic rings. The smallest absolute Gasteiger partial charge is 0.178 e. The van der Waals surface area contributed by atoms with Crippen molar-refractivity contribution in [1.82, 2.24) is 24.8 Å². The molecule has 4 rings (SSSR count). The number of hydrogen-bond acceptors (Lipinski definition) is 6. The molecule has 0 saturated carbocycles. The number of likely N-dealkylation sites (N-methyl/N-ethyl adjacent to an activating group) is 1. The van der Waals surface area contributed by atoms with Crippen LogP contribution in [0.4, 0.5) is 0 Å². The molecule has 0 radical (unpaired) electrons. The highest BCUT2D eigenvalue weighted by Gasteiger charge is 2.13. The Morgan fingerprint density at radius 3 is 2.52 bits per heavy atom. The van der Waals surface area contributed by atoms with Crippen LogP contribution >= 0.6 is 0 Å². The number of piperazine rings is 1. The van der Waals surface area contributed by atoms with E-state index in [4.69, 9.17) is 4.74 Å². The van der Waals surface area contributed by atoms with E-state index in [2.05, 4.69) is 43.9 Å². The van der Waals surface area contributed by atoms with Gasteiger partial charge in [0.05, 0.1) is 0 Å². The van der Waals surface area contributed by atoms with Crippen LogP contribution in [-0.4, -0.2) is 71.1 Å².